The zero-order valence-electron chi connectivity index (χ0n) is 26.6. The van der Waals surface area contributed by atoms with Crippen LogP contribution in [0, 0.1) is 12.4 Å². The first-order valence-electron chi connectivity index (χ1n) is 15.4. The Bertz CT molecular complexity index is 1860. The van der Waals surface area contributed by atoms with Gasteiger partial charge in [0.1, 0.15) is 41.4 Å². The molecular formula is C33H35ClF2N8O3. The van der Waals surface area contributed by atoms with Gasteiger partial charge in [-0.2, -0.15) is 9.97 Å². The summed E-state index contributed by atoms with van der Waals surface area (Å²) in [5.41, 5.74) is -0.319. The maximum absolute atomic E-state index is 16.7. The third-order valence-corrected chi connectivity index (χ3v) is 8.70. The van der Waals surface area contributed by atoms with Crippen LogP contribution in [0.1, 0.15) is 27.2 Å². The van der Waals surface area contributed by atoms with Crippen molar-refractivity contribution in [2.24, 2.45) is 0 Å². The molecule has 2 aliphatic heterocycles. The highest BCUT2D eigenvalue weighted by molar-refractivity contribution is 6.36. The largest absolute Gasteiger partial charge is 0.462 e. The van der Waals surface area contributed by atoms with E-state index in [1.165, 1.54) is 12.4 Å². The fraction of sp³-hybridized carbons (Fsp3) is 0.455. The lowest BCUT2D eigenvalue weighted by Crippen LogP contribution is -2.57. The summed E-state index contributed by atoms with van der Waals surface area (Å²) in [6.45, 7) is 14.1. The zero-order valence-corrected chi connectivity index (χ0v) is 27.3. The molecule has 1 amide bonds. The Hall–Kier alpha value is -4.41. The van der Waals surface area contributed by atoms with E-state index >= 15 is 4.39 Å². The molecule has 246 valence electrons. The molecule has 1 aromatic carbocycles. The Balaban J connectivity index is 1.42. The van der Waals surface area contributed by atoms with E-state index in [9.17, 15) is 9.18 Å². The lowest BCUT2D eigenvalue weighted by molar-refractivity contribution is 0.0155. The minimum atomic E-state index is -0.963. The first-order valence-corrected chi connectivity index (χ1v) is 15.7. The van der Waals surface area contributed by atoms with Gasteiger partial charge in [0, 0.05) is 72.2 Å². The van der Waals surface area contributed by atoms with Crippen LogP contribution in [-0.2, 0) is 4.74 Å². The second kappa shape index (κ2) is 13.0. The Kier molecular flexibility index (Phi) is 9.00. The monoisotopic (exact) mass is 664 g/mol. The molecule has 14 heteroatoms. The second-order valence-electron chi connectivity index (χ2n) is 12.9. The van der Waals surface area contributed by atoms with E-state index in [0.717, 1.165) is 5.39 Å². The van der Waals surface area contributed by atoms with Gasteiger partial charge in [-0.05, 0) is 40.3 Å². The van der Waals surface area contributed by atoms with Gasteiger partial charge in [0.15, 0.2) is 5.82 Å². The number of ether oxygens (including phenoxy) is 2. The van der Waals surface area contributed by atoms with Crippen LogP contribution in [-0.4, -0.2) is 106 Å². The lowest BCUT2D eigenvalue weighted by Gasteiger charge is -2.40. The van der Waals surface area contributed by atoms with Crippen LogP contribution in [0.15, 0.2) is 36.8 Å². The first-order chi connectivity index (χ1) is 22.4. The van der Waals surface area contributed by atoms with Gasteiger partial charge in [0.2, 0.25) is 6.54 Å². The van der Waals surface area contributed by atoms with Crippen LogP contribution < -0.4 is 9.64 Å². The van der Waals surface area contributed by atoms with Crippen molar-refractivity contribution in [1.82, 2.24) is 29.7 Å². The predicted molar refractivity (Wildman–Crippen MR) is 175 cm³/mol. The van der Waals surface area contributed by atoms with Crippen LogP contribution in [0.5, 0.6) is 6.01 Å². The molecular weight excluding hydrogens is 630 g/mol. The first kappa shape index (κ1) is 32.5. The predicted octanol–water partition coefficient (Wildman–Crippen LogP) is 5.80. The van der Waals surface area contributed by atoms with E-state index < -0.39 is 29.7 Å². The molecule has 3 aromatic heterocycles. The van der Waals surface area contributed by atoms with Crippen molar-refractivity contribution in [3.05, 3.63) is 59.0 Å². The Labute approximate surface area is 276 Å². The normalized spacial score (nSPS) is 20.5. The molecule has 3 atom stereocenters. The van der Waals surface area contributed by atoms with Crippen molar-refractivity contribution in [2.75, 3.05) is 51.3 Å². The molecule has 0 aliphatic carbocycles. The molecule has 0 spiro atoms. The maximum Gasteiger partial charge on any atom is 0.410 e. The van der Waals surface area contributed by atoms with Crippen LogP contribution in [0.25, 0.3) is 37.8 Å². The van der Waals surface area contributed by atoms with Gasteiger partial charge >= 0.3 is 12.1 Å². The smallest absolute Gasteiger partial charge is 0.410 e. The van der Waals surface area contributed by atoms with Crippen LogP contribution in [0.3, 0.4) is 0 Å². The van der Waals surface area contributed by atoms with Crippen molar-refractivity contribution in [1.29, 1.82) is 0 Å². The van der Waals surface area contributed by atoms with E-state index in [2.05, 4.69) is 24.8 Å². The number of anilines is 1. The minimum absolute atomic E-state index is 0.00993. The van der Waals surface area contributed by atoms with Gasteiger partial charge in [-0.15, -0.1) is 0 Å². The van der Waals surface area contributed by atoms with Crippen molar-refractivity contribution in [3.63, 3.8) is 0 Å². The highest BCUT2D eigenvalue weighted by Crippen LogP contribution is 2.37. The highest BCUT2D eigenvalue weighted by Gasteiger charge is 2.37. The van der Waals surface area contributed by atoms with Crippen molar-refractivity contribution in [2.45, 2.75) is 51.0 Å². The number of alkyl halides is 1. The number of halogens is 3. The number of likely N-dealkylation sites (N-methyl/N-ethyl adjacent to an activating group) is 1. The van der Waals surface area contributed by atoms with Gasteiger partial charge in [-0.1, -0.05) is 23.7 Å². The number of carbonyl (C=O) groups excluding carboxylic acids is 1. The number of piperazine rings is 1. The van der Waals surface area contributed by atoms with Gasteiger partial charge in [0.25, 0.3) is 0 Å². The van der Waals surface area contributed by atoms with E-state index in [-0.39, 0.29) is 49.5 Å². The van der Waals surface area contributed by atoms with Crippen LogP contribution >= 0.6 is 11.6 Å². The molecule has 0 bridgehead atoms. The Morgan fingerprint density at radius 3 is 2.68 bits per heavy atom. The zero-order chi connectivity index (χ0) is 33.5. The summed E-state index contributed by atoms with van der Waals surface area (Å²) in [7, 11) is 1.82. The number of benzene rings is 1. The van der Waals surface area contributed by atoms with Crippen molar-refractivity contribution in [3.8, 4) is 17.3 Å². The quantitative estimate of drug-likeness (QED) is 0.237. The number of hydrogen-bond acceptors (Lipinski definition) is 9. The summed E-state index contributed by atoms with van der Waals surface area (Å²) in [5.74, 6) is -0.365. The molecule has 2 aliphatic rings. The van der Waals surface area contributed by atoms with Gasteiger partial charge < -0.3 is 19.2 Å². The summed E-state index contributed by atoms with van der Waals surface area (Å²) in [6.07, 6.45) is 3.50. The lowest BCUT2D eigenvalue weighted by atomic mass is 10.0. The number of carbonyl (C=O) groups is 1. The van der Waals surface area contributed by atoms with Crippen LogP contribution in [0.4, 0.5) is 19.4 Å². The standard InChI is InChI=1S/C33H35ClF2N8O3/c1-33(2,3)47-32(45)44-10-9-43(17-22(44)13-37-4)30-24-15-39-28(23-14-38-12-19-7-6-8-25(34)26(19)23)27(36)29(24)40-31(41-30)46-18-21-11-20(35)16-42(21)5/h6-8,12,14-15,20-22H,9-11,13,16-18H2,1-3,5H3/t20-,21+,22+/m1/s1. The number of hydrogen-bond donors (Lipinski definition) is 0. The van der Waals surface area contributed by atoms with Crippen LogP contribution in [0.2, 0.25) is 5.02 Å². The summed E-state index contributed by atoms with van der Waals surface area (Å²) in [5, 5.41) is 2.08. The number of likely N-dealkylation sites (tertiary alicyclic amines) is 1. The van der Waals surface area contributed by atoms with Crippen molar-refractivity contribution < 1.29 is 23.0 Å². The Morgan fingerprint density at radius 1 is 1.15 bits per heavy atom. The number of amides is 1. The molecule has 0 saturated carbocycles. The number of rotatable bonds is 6. The Morgan fingerprint density at radius 2 is 1.96 bits per heavy atom. The number of aromatic nitrogens is 4. The van der Waals surface area contributed by atoms with Gasteiger partial charge in [0.05, 0.1) is 5.39 Å². The summed E-state index contributed by atoms with van der Waals surface area (Å²) in [4.78, 5) is 39.9. The van der Waals surface area contributed by atoms with E-state index in [4.69, 9.17) is 27.6 Å². The average molecular weight is 665 g/mol. The number of fused-ring (bicyclic) bond motifs is 2. The molecule has 2 saturated heterocycles. The molecule has 5 heterocycles. The molecule has 47 heavy (non-hydrogen) atoms. The highest BCUT2D eigenvalue weighted by atomic mass is 35.5. The molecule has 0 N–H and O–H groups in total. The topological polar surface area (TPSA) is 101 Å². The summed E-state index contributed by atoms with van der Waals surface area (Å²) >= 11 is 6.55. The maximum atomic E-state index is 16.7. The SMILES string of the molecule is [C-]#[N+]C[C@H]1CN(c2nc(OC[C@@H]3C[C@@H](F)CN3C)nc3c(F)c(-c4cncc5cccc(Cl)c45)ncc23)CCN1C(=O)OC(C)(C)C. The molecule has 4 aromatic rings. The third-order valence-electron chi connectivity index (χ3n) is 8.39. The van der Waals surface area contributed by atoms with Crippen molar-refractivity contribution >= 4 is 45.2 Å². The van der Waals surface area contributed by atoms with E-state index in [1.54, 1.807) is 44.0 Å². The molecule has 6 rings (SSSR count). The number of pyridine rings is 2. The molecule has 0 unspecified atom stereocenters. The summed E-state index contributed by atoms with van der Waals surface area (Å²) in [6, 6.07) is 4.55. The molecule has 0 radical (unpaired) electrons. The second-order valence-corrected chi connectivity index (χ2v) is 13.3. The van der Waals surface area contributed by atoms with E-state index in [0.29, 0.717) is 46.7 Å². The average Bonchev–Trinajstić information content (AvgIpc) is 3.35. The fourth-order valence-electron chi connectivity index (χ4n) is 6.13. The molecule has 2 fully saturated rings. The van der Waals surface area contributed by atoms with Gasteiger partial charge in [-0.3, -0.25) is 19.8 Å². The van der Waals surface area contributed by atoms with Gasteiger partial charge in [-0.25, -0.2) is 20.1 Å². The summed E-state index contributed by atoms with van der Waals surface area (Å²) < 4.78 is 42.4. The fourth-order valence-corrected chi connectivity index (χ4v) is 6.41. The minimum Gasteiger partial charge on any atom is -0.462 e. The van der Waals surface area contributed by atoms with E-state index in [1.807, 2.05) is 22.9 Å². The third kappa shape index (κ3) is 6.71. The number of nitrogens with zero attached hydrogens (tertiary/aromatic N) is 8. The molecule has 11 nitrogen and oxygen atoms in total.